The highest BCUT2D eigenvalue weighted by atomic mass is 16.2. The summed E-state index contributed by atoms with van der Waals surface area (Å²) in [5.74, 6) is -0.330. The lowest BCUT2D eigenvalue weighted by Crippen LogP contribution is -2.52. The second-order valence-corrected chi connectivity index (χ2v) is 9.36. The van der Waals surface area contributed by atoms with Crippen LogP contribution in [0.5, 0.6) is 0 Å². The maximum absolute atomic E-state index is 13.5. The van der Waals surface area contributed by atoms with Gasteiger partial charge in [0.25, 0.3) is 0 Å². The summed E-state index contributed by atoms with van der Waals surface area (Å²) in [4.78, 5) is 36.2. The average Bonchev–Trinajstić information content (AvgIpc) is 3.57. The van der Waals surface area contributed by atoms with Crippen LogP contribution in [0.15, 0.2) is 85.2 Å². The molecule has 1 aliphatic rings. The van der Waals surface area contributed by atoms with Gasteiger partial charge in [-0.3, -0.25) is 14.6 Å². The molecule has 0 radical (unpaired) electrons. The van der Waals surface area contributed by atoms with Crippen LogP contribution in [-0.4, -0.2) is 45.3 Å². The van der Waals surface area contributed by atoms with E-state index in [-0.39, 0.29) is 17.9 Å². The molecule has 0 bridgehead atoms. The fourth-order valence-corrected chi connectivity index (χ4v) is 5.07. The lowest BCUT2D eigenvalue weighted by atomic mass is 10.0. The Morgan fingerprint density at radius 2 is 1.81 bits per heavy atom. The smallest absolute Gasteiger partial charge is 0.243 e. The molecule has 184 valence electrons. The molecule has 5 rings (SSSR count). The largest absolute Gasteiger partial charge is 0.361 e. The second kappa shape index (κ2) is 10.7. The van der Waals surface area contributed by atoms with Crippen LogP contribution in [0.2, 0.25) is 0 Å². The minimum absolute atomic E-state index is 0.148. The molecule has 2 amide bonds. The normalized spacial score (nSPS) is 17.1. The van der Waals surface area contributed by atoms with E-state index in [9.17, 15) is 9.59 Å². The van der Waals surface area contributed by atoms with E-state index in [2.05, 4.69) is 15.3 Å². The van der Waals surface area contributed by atoms with Gasteiger partial charge in [0.1, 0.15) is 6.04 Å². The number of pyridine rings is 1. The predicted octanol–water partition coefficient (Wildman–Crippen LogP) is 3.52. The summed E-state index contributed by atoms with van der Waals surface area (Å²) >= 11 is 0. The van der Waals surface area contributed by atoms with Crippen LogP contribution in [0, 0.1) is 0 Å². The number of amides is 2. The Bertz CT molecular complexity index is 1320. The number of benzene rings is 2. The lowest BCUT2D eigenvalue weighted by Gasteiger charge is -2.28. The summed E-state index contributed by atoms with van der Waals surface area (Å²) in [5, 5.41) is 4.27. The van der Waals surface area contributed by atoms with E-state index in [0.29, 0.717) is 25.8 Å². The van der Waals surface area contributed by atoms with Crippen molar-refractivity contribution < 1.29 is 9.59 Å². The summed E-state index contributed by atoms with van der Waals surface area (Å²) in [6, 6.07) is 22.1. The monoisotopic (exact) mass is 481 g/mol. The number of rotatable bonds is 8. The Hall–Kier alpha value is -3.97. The van der Waals surface area contributed by atoms with E-state index in [1.165, 1.54) is 0 Å². The van der Waals surface area contributed by atoms with Gasteiger partial charge in [0.2, 0.25) is 11.8 Å². The van der Waals surface area contributed by atoms with Gasteiger partial charge in [-0.15, -0.1) is 0 Å². The van der Waals surface area contributed by atoms with Gasteiger partial charge in [-0.1, -0.05) is 54.6 Å². The van der Waals surface area contributed by atoms with Crippen molar-refractivity contribution in [3.63, 3.8) is 0 Å². The van der Waals surface area contributed by atoms with E-state index in [0.717, 1.165) is 34.1 Å². The Kier molecular flexibility index (Phi) is 7.09. The number of hydrogen-bond donors (Lipinski definition) is 3. The third kappa shape index (κ3) is 5.16. The maximum Gasteiger partial charge on any atom is 0.243 e. The molecule has 0 spiro atoms. The quantitative estimate of drug-likeness (QED) is 0.358. The Morgan fingerprint density at radius 3 is 2.61 bits per heavy atom. The van der Waals surface area contributed by atoms with Crippen molar-refractivity contribution in [2.24, 2.45) is 5.73 Å². The van der Waals surface area contributed by atoms with Crippen molar-refractivity contribution >= 4 is 22.7 Å². The molecule has 1 aliphatic heterocycles. The zero-order valence-electron chi connectivity index (χ0n) is 20.1. The van der Waals surface area contributed by atoms with Crippen molar-refractivity contribution in [2.75, 3.05) is 6.54 Å². The van der Waals surface area contributed by atoms with Gasteiger partial charge >= 0.3 is 0 Å². The number of aromatic nitrogens is 2. The highest BCUT2D eigenvalue weighted by molar-refractivity contribution is 5.91. The minimum atomic E-state index is -0.712. The summed E-state index contributed by atoms with van der Waals surface area (Å²) in [6.45, 7) is 0.536. The van der Waals surface area contributed by atoms with Crippen molar-refractivity contribution in [2.45, 2.75) is 43.8 Å². The lowest BCUT2D eigenvalue weighted by molar-refractivity contribution is -0.139. The number of likely N-dealkylation sites (tertiary alicyclic amines) is 1. The molecule has 2 aromatic heterocycles. The van der Waals surface area contributed by atoms with E-state index in [4.69, 9.17) is 5.73 Å². The summed E-state index contributed by atoms with van der Waals surface area (Å²) in [7, 11) is 0. The number of nitrogens with two attached hydrogens (primary N) is 1. The average molecular weight is 482 g/mol. The molecular weight excluding hydrogens is 450 g/mol. The summed E-state index contributed by atoms with van der Waals surface area (Å²) < 4.78 is 0. The fraction of sp³-hybridized carbons (Fsp3) is 0.276. The molecule has 7 heteroatoms. The van der Waals surface area contributed by atoms with Gasteiger partial charge in [-0.2, -0.15) is 0 Å². The first-order valence-corrected chi connectivity index (χ1v) is 12.5. The van der Waals surface area contributed by atoms with Crippen molar-refractivity contribution in [1.29, 1.82) is 0 Å². The molecule has 36 heavy (non-hydrogen) atoms. The number of H-pyrrole nitrogens is 1. The SMILES string of the molecule is NC(Cc1c[nH]c2ccccc12)C(=O)N1CCC[C@H]1C(=O)NC(Cc1ccccn1)c1ccccc1. The number of fused-ring (bicyclic) bond motifs is 1. The molecule has 0 saturated carbocycles. The van der Waals surface area contributed by atoms with E-state index in [1.54, 1.807) is 11.1 Å². The molecule has 1 fully saturated rings. The molecule has 1 saturated heterocycles. The molecule has 7 nitrogen and oxygen atoms in total. The number of aromatic amines is 1. The maximum atomic E-state index is 13.5. The van der Waals surface area contributed by atoms with Crippen molar-refractivity contribution in [3.05, 3.63) is 102 Å². The van der Waals surface area contributed by atoms with Crippen LogP contribution >= 0.6 is 0 Å². The minimum Gasteiger partial charge on any atom is -0.361 e. The van der Waals surface area contributed by atoms with E-state index < -0.39 is 12.1 Å². The zero-order valence-corrected chi connectivity index (χ0v) is 20.1. The number of nitrogens with zero attached hydrogens (tertiary/aromatic N) is 2. The first-order valence-electron chi connectivity index (χ1n) is 12.5. The van der Waals surface area contributed by atoms with Gasteiger partial charge < -0.3 is 20.9 Å². The second-order valence-electron chi connectivity index (χ2n) is 9.36. The molecule has 3 heterocycles. The zero-order chi connectivity index (χ0) is 24.9. The predicted molar refractivity (Wildman–Crippen MR) is 140 cm³/mol. The molecular formula is C29H31N5O2. The van der Waals surface area contributed by atoms with Gasteiger partial charge in [0.05, 0.1) is 12.1 Å². The fourth-order valence-electron chi connectivity index (χ4n) is 5.07. The standard InChI is InChI=1S/C29H31N5O2/c30-24(17-21-19-32-25-13-5-4-12-23(21)25)29(36)34-16-8-14-27(34)28(35)33-26(20-9-2-1-3-10-20)18-22-11-6-7-15-31-22/h1-7,9-13,15,19,24,26-27,32H,8,14,16-18,30H2,(H,33,35)/t24?,26?,27-/m0/s1. The van der Waals surface area contributed by atoms with E-state index >= 15 is 0 Å². The Balaban J connectivity index is 1.29. The van der Waals surface area contributed by atoms with Crippen LogP contribution in [0.25, 0.3) is 10.9 Å². The van der Waals surface area contributed by atoms with Gasteiger partial charge in [0.15, 0.2) is 0 Å². The highest BCUT2D eigenvalue weighted by Gasteiger charge is 2.37. The van der Waals surface area contributed by atoms with Crippen molar-refractivity contribution in [3.8, 4) is 0 Å². The molecule has 2 unspecified atom stereocenters. The highest BCUT2D eigenvalue weighted by Crippen LogP contribution is 2.24. The number of carbonyl (C=O) groups excluding carboxylic acids is 2. The van der Waals surface area contributed by atoms with Crippen LogP contribution in [0.3, 0.4) is 0 Å². The summed E-state index contributed by atoms with van der Waals surface area (Å²) in [5.41, 5.74) is 10.3. The first kappa shape index (κ1) is 23.8. The summed E-state index contributed by atoms with van der Waals surface area (Å²) in [6.07, 6.45) is 6.05. The number of para-hydroxylation sites is 1. The van der Waals surface area contributed by atoms with Crippen molar-refractivity contribution in [1.82, 2.24) is 20.2 Å². The molecule has 4 aromatic rings. The Labute approximate surface area is 210 Å². The van der Waals surface area contributed by atoms with Gasteiger partial charge in [0, 0.05) is 42.0 Å². The number of hydrogen-bond acceptors (Lipinski definition) is 4. The van der Waals surface area contributed by atoms with Crippen LogP contribution in [0.1, 0.15) is 35.7 Å². The molecule has 4 N–H and O–H groups in total. The Morgan fingerprint density at radius 1 is 1.03 bits per heavy atom. The van der Waals surface area contributed by atoms with E-state index in [1.807, 2.05) is 79.0 Å². The number of carbonyl (C=O) groups is 2. The topological polar surface area (TPSA) is 104 Å². The molecule has 2 aromatic carbocycles. The van der Waals surface area contributed by atoms with Crippen LogP contribution < -0.4 is 11.1 Å². The van der Waals surface area contributed by atoms with Gasteiger partial charge in [-0.25, -0.2) is 0 Å². The first-order chi connectivity index (χ1) is 17.6. The van der Waals surface area contributed by atoms with Crippen LogP contribution in [-0.2, 0) is 22.4 Å². The molecule has 0 aliphatic carbocycles. The third-order valence-electron chi connectivity index (χ3n) is 6.93. The van der Waals surface area contributed by atoms with Crippen LogP contribution in [0.4, 0.5) is 0 Å². The molecule has 3 atom stereocenters. The van der Waals surface area contributed by atoms with Gasteiger partial charge in [-0.05, 0) is 48.6 Å². The third-order valence-corrected chi connectivity index (χ3v) is 6.93. The number of nitrogens with one attached hydrogen (secondary N) is 2.